The Balaban J connectivity index is 2.92. The minimum atomic E-state index is -1.49. The summed E-state index contributed by atoms with van der Waals surface area (Å²) in [6.45, 7) is 17.5. The van der Waals surface area contributed by atoms with Crippen LogP contribution in [0.25, 0.3) is 0 Å². The van der Waals surface area contributed by atoms with Crippen molar-refractivity contribution in [2.45, 2.75) is 355 Å². The van der Waals surface area contributed by atoms with E-state index in [9.17, 15) is 53.4 Å². The van der Waals surface area contributed by atoms with Crippen molar-refractivity contribution in [2.24, 2.45) is 17.8 Å². The third-order valence-corrected chi connectivity index (χ3v) is 17.1. The zero-order valence-corrected chi connectivity index (χ0v) is 61.2. The molecule has 0 spiro atoms. The summed E-state index contributed by atoms with van der Waals surface area (Å²) >= 11 is 0. The van der Waals surface area contributed by atoms with Gasteiger partial charge in [0.05, 0.1) is 37.1 Å². The summed E-state index contributed by atoms with van der Waals surface area (Å²) in [7, 11) is 0. The molecular formula is C76H133N5O15. The number of benzene rings is 1. The van der Waals surface area contributed by atoms with Crippen molar-refractivity contribution in [1.82, 2.24) is 26.6 Å². The van der Waals surface area contributed by atoms with Gasteiger partial charge in [-0.1, -0.05) is 260 Å². The molecule has 0 aliphatic rings. The van der Waals surface area contributed by atoms with Crippen LogP contribution in [0.15, 0.2) is 30.3 Å². The Bertz CT molecular complexity index is 2220. The van der Waals surface area contributed by atoms with Crippen molar-refractivity contribution in [3.8, 4) is 0 Å². The molecule has 1 rings (SSSR count). The maximum Gasteiger partial charge on any atom is 0.344 e. The van der Waals surface area contributed by atoms with Crippen molar-refractivity contribution in [3.05, 3.63) is 35.9 Å². The average Bonchev–Trinajstić information content (AvgIpc) is 1.37. The fourth-order valence-corrected chi connectivity index (χ4v) is 11.5. The van der Waals surface area contributed by atoms with Crippen molar-refractivity contribution in [3.63, 3.8) is 0 Å². The lowest BCUT2D eigenvalue weighted by atomic mass is 9.96. The molecule has 0 fully saturated rings. The first kappa shape index (κ1) is 88.4. The molecule has 96 heavy (non-hydrogen) atoms. The molecule has 0 aliphatic carbocycles. The van der Waals surface area contributed by atoms with E-state index >= 15 is 0 Å². The highest BCUT2D eigenvalue weighted by Gasteiger charge is 2.33. The quantitative estimate of drug-likeness (QED) is 0.0181. The van der Waals surface area contributed by atoms with Crippen LogP contribution in [0.5, 0.6) is 0 Å². The van der Waals surface area contributed by atoms with Crippen molar-refractivity contribution >= 4 is 53.4 Å². The van der Waals surface area contributed by atoms with Gasteiger partial charge in [-0.2, -0.15) is 0 Å². The molecule has 0 bridgehead atoms. The van der Waals surface area contributed by atoms with E-state index < -0.39 is 115 Å². The number of rotatable bonds is 60. The lowest BCUT2D eigenvalue weighted by Crippen LogP contribution is -2.57. The van der Waals surface area contributed by atoms with Crippen molar-refractivity contribution in [1.29, 1.82) is 0 Å². The summed E-state index contributed by atoms with van der Waals surface area (Å²) in [5.74, 6) is -5.84. The topological polar surface area (TPSA) is 291 Å². The molecule has 1 aromatic rings. The highest BCUT2D eigenvalue weighted by molar-refractivity contribution is 5.92. The number of esters is 4. The van der Waals surface area contributed by atoms with Crippen LogP contribution in [-0.4, -0.2) is 132 Å². The van der Waals surface area contributed by atoms with Gasteiger partial charge in [0.25, 0.3) is 0 Å². The molecule has 0 saturated heterocycles. The second-order valence-electron chi connectivity index (χ2n) is 28.1. The zero-order chi connectivity index (χ0) is 71.3. The van der Waals surface area contributed by atoms with Gasteiger partial charge < -0.3 is 55.7 Å². The fourth-order valence-electron chi connectivity index (χ4n) is 11.5. The summed E-state index contributed by atoms with van der Waals surface area (Å²) in [5.41, 5.74) is 0.817. The van der Waals surface area contributed by atoms with Gasteiger partial charge in [-0.3, -0.25) is 38.4 Å². The Morgan fingerprint density at radius 2 is 0.802 bits per heavy atom. The van der Waals surface area contributed by atoms with Crippen LogP contribution in [0.4, 0.5) is 0 Å². The SMILES string of the molecule is CCCCCCCCCCCCCCCC(=O)OCC(COC(=O)CCCCCCCCCCCCCCC)OC(=O)COC(=O)CC(O)[C@H](CC(C)C)NC(=O)[C@H](C)NC(=O)CC(O)[C@H](CC(C)C)NC(=O)[C@H](CCCC)NC(=O)[C@H](Cc1ccccc1)NC(=O)CC(C)C. The van der Waals surface area contributed by atoms with Gasteiger partial charge in [0.15, 0.2) is 12.7 Å². The molecule has 7 N–H and O–H groups in total. The molecule has 1 aromatic carbocycles. The minimum absolute atomic E-state index is 0.0476. The summed E-state index contributed by atoms with van der Waals surface area (Å²) < 4.78 is 21.7. The molecule has 5 amide bonds. The van der Waals surface area contributed by atoms with E-state index in [2.05, 4.69) is 40.4 Å². The Morgan fingerprint density at radius 1 is 0.396 bits per heavy atom. The maximum atomic E-state index is 14.1. The van der Waals surface area contributed by atoms with E-state index in [-0.39, 0.29) is 81.8 Å². The predicted octanol–water partition coefficient (Wildman–Crippen LogP) is 13.0. The molecule has 0 heterocycles. The van der Waals surface area contributed by atoms with Gasteiger partial charge >= 0.3 is 23.9 Å². The fraction of sp³-hybridized carbons (Fsp3) is 0.803. The number of amides is 5. The number of carbonyl (C=O) groups is 9. The van der Waals surface area contributed by atoms with Crippen LogP contribution in [0.1, 0.15) is 306 Å². The van der Waals surface area contributed by atoms with Crippen LogP contribution in [0.2, 0.25) is 0 Å². The van der Waals surface area contributed by atoms with Crippen LogP contribution < -0.4 is 26.6 Å². The van der Waals surface area contributed by atoms with E-state index in [1.165, 1.54) is 122 Å². The molecule has 7 atom stereocenters. The van der Waals surface area contributed by atoms with Crippen LogP contribution in [-0.2, 0) is 68.5 Å². The van der Waals surface area contributed by atoms with Crippen LogP contribution in [0, 0.1) is 17.8 Å². The van der Waals surface area contributed by atoms with E-state index in [1.54, 1.807) is 0 Å². The monoisotopic (exact) mass is 1360 g/mol. The molecule has 0 radical (unpaired) electrons. The standard InChI is InChI=1S/C76H133N5O15/c1-11-14-17-19-21-23-25-27-29-31-33-35-40-45-70(86)93-53-61(54-94-71(87)46-41-36-34-32-30-28-26-24-22-20-18-15-12-2)96-73(89)55-95-72(88)52-67(83)64(48-57(6)7)80-74(90)59(10)77-69(85)51-66(82)63(47-56(4)5)81-75(91)62(44-16-13-3)79-76(92)65(78-68(84)49-58(8)9)50-60-42-38-37-39-43-60/h37-39,42-43,56-59,61-67,82-83H,11-36,40-41,44-55H2,1-10H3,(H,77,85)(H,78,84)(H,79,92)(H,80,90)(H,81,91)/t59-,62-,63-,64-,65-,66?,67?/m0/s1. The normalized spacial score (nSPS) is 13.7. The molecule has 2 unspecified atom stereocenters. The third kappa shape index (κ3) is 47.3. The molecular weight excluding hydrogens is 1220 g/mol. The molecule has 20 heteroatoms. The predicted molar refractivity (Wildman–Crippen MR) is 378 cm³/mol. The number of carbonyl (C=O) groups excluding carboxylic acids is 9. The first-order chi connectivity index (χ1) is 46.0. The second kappa shape index (κ2) is 56.3. The number of aliphatic hydroxyl groups excluding tert-OH is 2. The number of hydrogen-bond donors (Lipinski definition) is 7. The van der Waals surface area contributed by atoms with Crippen molar-refractivity contribution in [2.75, 3.05) is 19.8 Å². The Hall–Kier alpha value is -5.63. The molecule has 20 nitrogen and oxygen atoms in total. The second-order valence-corrected chi connectivity index (χ2v) is 28.1. The molecule has 0 saturated carbocycles. The Morgan fingerprint density at radius 3 is 1.24 bits per heavy atom. The lowest BCUT2D eigenvalue weighted by molar-refractivity contribution is -0.172. The van der Waals surface area contributed by atoms with E-state index in [0.717, 1.165) is 50.5 Å². The van der Waals surface area contributed by atoms with E-state index in [1.807, 2.05) is 78.8 Å². The molecule has 0 aliphatic heterocycles. The summed E-state index contributed by atoms with van der Waals surface area (Å²) in [6.07, 6.45) is 27.8. The van der Waals surface area contributed by atoms with Gasteiger partial charge in [0, 0.05) is 25.7 Å². The smallest absolute Gasteiger partial charge is 0.344 e. The third-order valence-electron chi connectivity index (χ3n) is 17.1. The van der Waals surface area contributed by atoms with Gasteiger partial charge in [-0.05, 0) is 62.3 Å². The van der Waals surface area contributed by atoms with Gasteiger partial charge in [0.2, 0.25) is 29.5 Å². The van der Waals surface area contributed by atoms with Gasteiger partial charge in [-0.15, -0.1) is 0 Å². The summed E-state index contributed by atoms with van der Waals surface area (Å²) in [5, 5.41) is 36.7. The largest absolute Gasteiger partial charge is 0.462 e. The number of hydrogen-bond acceptors (Lipinski definition) is 15. The molecule has 552 valence electrons. The Labute approximate surface area is 578 Å². The Kier molecular flexibility index (Phi) is 51.8. The van der Waals surface area contributed by atoms with Crippen molar-refractivity contribution < 1.29 is 72.3 Å². The van der Waals surface area contributed by atoms with E-state index in [0.29, 0.717) is 19.3 Å². The lowest BCUT2D eigenvalue weighted by Gasteiger charge is -2.29. The maximum absolute atomic E-state index is 14.1. The summed E-state index contributed by atoms with van der Waals surface area (Å²) in [4.78, 5) is 120. The van der Waals surface area contributed by atoms with Gasteiger partial charge in [0.1, 0.15) is 31.3 Å². The zero-order valence-electron chi connectivity index (χ0n) is 61.2. The van der Waals surface area contributed by atoms with Gasteiger partial charge in [-0.25, -0.2) is 4.79 Å². The average molecular weight is 1360 g/mol. The number of ether oxygens (including phenoxy) is 4. The van der Waals surface area contributed by atoms with E-state index in [4.69, 9.17) is 18.9 Å². The highest BCUT2D eigenvalue weighted by Crippen LogP contribution is 2.19. The highest BCUT2D eigenvalue weighted by atomic mass is 16.6. The first-order valence-corrected chi connectivity index (χ1v) is 37.5. The molecule has 0 aromatic heterocycles. The minimum Gasteiger partial charge on any atom is -0.462 e. The van der Waals surface area contributed by atoms with Crippen LogP contribution in [0.3, 0.4) is 0 Å². The summed E-state index contributed by atoms with van der Waals surface area (Å²) in [6, 6.07) is 4.10. The number of unbranched alkanes of at least 4 members (excludes halogenated alkanes) is 25. The van der Waals surface area contributed by atoms with Crippen LogP contribution >= 0.6 is 0 Å². The number of aliphatic hydroxyl groups is 2. The number of nitrogens with one attached hydrogen (secondary N) is 5. The first-order valence-electron chi connectivity index (χ1n) is 37.5.